The van der Waals surface area contributed by atoms with Crippen molar-refractivity contribution < 1.29 is 9.15 Å². The number of hydrogen-bond donors (Lipinski definition) is 0. The molecule has 8 heteroatoms. The van der Waals surface area contributed by atoms with Gasteiger partial charge in [0.25, 0.3) is 5.56 Å². The van der Waals surface area contributed by atoms with Gasteiger partial charge in [0, 0.05) is 5.56 Å². The van der Waals surface area contributed by atoms with E-state index < -0.39 is 0 Å². The fourth-order valence-electron chi connectivity index (χ4n) is 3.60. The van der Waals surface area contributed by atoms with Gasteiger partial charge in [-0.05, 0) is 48.9 Å². The summed E-state index contributed by atoms with van der Waals surface area (Å²) < 4.78 is 12.9. The molecule has 0 radical (unpaired) electrons. The van der Waals surface area contributed by atoms with Gasteiger partial charge in [-0.25, -0.2) is 4.98 Å². The van der Waals surface area contributed by atoms with Crippen LogP contribution in [0.4, 0.5) is 0 Å². The molecule has 2 aromatic heterocycles. The second-order valence-corrected chi connectivity index (χ2v) is 9.03. The first-order valence-electron chi connectivity index (χ1n) is 10.8. The Kier molecular flexibility index (Phi) is 6.14. The van der Waals surface area contributed by atoms with E-state index in [1.807, 2.05) is 79.7 Å². The average molecular weight is 471 g/mol. The van der Waals surface area contributed by atoms with E-state index in [0.29, 0.717) is 34.4 Å². The Morgan fingerprint density at radius 2 is 1.71 bits per heavy atom. The van der Waals surface area contributed by atoms with Crippen molar-refractivity contribution in [2.24, 2.45) is 0 Å². The third-order valence-corrected chi connectivity index (χ3v) is 6.50. The van der Waals surface area contributed by atoms with Crippen LogP contribution >= 0.6 is 11.8 Å². The van der Waals surface area contributed by atoms with Gasteiger partial charge in [0.05, 0.1) is 29.8 Å². The van der Waals surface area contributed by atoms with E-state index >= 15 is 0 Å². The molecular formula is C26H22N4O3S. The third kappa shape index (κ3) is 4.45. The predicted molar refractivity (Wildman–Crippen MR) is 132 cm³/mol. The minimum Gasteiger partial charge on any atom is -0.497 e. The second-order valence-electron chi connectivity index (χ2n) is 7.72. The van der Waals surface area contributed by atoms with Gasteiger partial charge in [0.1, 0.15) is 5.75 Å². The van der Waals surface area contributed by atoms with Crippen LogP contribution in [0, 0.1) is 0 Å². The lowest BCUT2D eigenvalue weighted by Gasteiger charge is -2.15. The smallest absolute Gasteiger partial charge is 0.262 e. The van der Waals surface area contributed by atoms with Crippen molar-refractivity contribution in [2.45, 2.75) is 23.9 Å². The van der Waals surface area contributed by atoms with E-state index in [4.69, 9.17) is 14.1 Å². The van der Waals surface area contributed by atoms with Crippen LogP contribution in [-0.2, 0) is 6.54 Å². The first-order valence-corrected chi connectivity index (χ1v) is 11.7. The average Bonchev–Trinajstić information content (AvgIpc) is 3.38. The molecule has 0 fully saturated rings. The van der Waals surface area contributed by atoms with Crippen molar-refractivity contribution in [3.05, 3.63) is 101 Å². The van der Waals surface area contributed by atoms with Crippen LogP contribution < -0.4 is 10.3 Å². The minimum absolute atomic E-state index is 0.0911. The van der Waals surface area contributed by atoms with E-state index in [-0.39, 0.29) is 10.8 Å². The number of ether oxygens (including phenoxy) is 1. The second kappa shape index (κ2) is 9.52. The van der Waals surface area contributed by atoms with Gasteiger partial charge in [-0.2, -0.15) is 0 Å². The zero-order valence-electron chi connectivity index (χ0n) is 18.7. The zero-order chi connectivity index (χ0) is 23.5. The Morgan fingerprint density at radius 1 is 0.971 bits per heavy atom. The highest BCUT2D eigenvalue weighted by Crippen LogP contribution is 2.34. The molecule has 0 aliphatic carbocycles. The van der Waals surface area contributed by atoms with Crippen LogP contribution in [0.1, 0.15) is 23.6 Å². The molecule has 0 saturated heterocycles. The van der Waals surface area contributed by atoms with Gasteiger partial charge in [-0.1, -0.05) is 54.2 Å². The van der Waals surface area contributed by atoms with E-state index in [9.17, 15) is 4.79 Å². The van der Waals surface area contributed by atoms with Gasteiger partial charge in [0.15, 0.2) is 5.16 Å². The molecule has 0 aliphatic rings. The first kappa shape index (κ1) is 21.9. The summed E-state index contributed by atoms with van der Waals surface area (Å²) in [6, 6.07) is 24.7. The SMILES string of the molecule is COc1ccc(Cn2c(SC(C)c3nnc(-c4ccccc4)o3)nc3ccccc3c2=O)cc1. The molecule has 2 heterocycles. The molecular weight excluding hydrogens is 448 g/mol. The van der Waals surface area contributed by atoms with E-state index in [0.717, 1.165) is 16.9 Å². The molecule has 34 heavy (non-hydrogen) atoms. The highest BCUT2D eigenvalue weighted by atomic mass is 32.2. The molecule has 0 spiro atoms. The molecule has 0 amide bonds. The van der Waals surface area contributed by atoms with Crippen LogP contribution in [0.15, 0.2) is 93.2 Å². The highest BCUT2D eigenvalue weighted by Gasteiger charge is 2.20. The van der Waals surface area contributed by atoms with Crippen molar-refractivity contribution in [3.63, 3.8) is 0 Å². The maximum absolute atomic E-state index is 13.4. The van der Waals surface area contributed by atoms with Crippen LogP contribution in [0.5, 0.6) is 5.75 Å². The Morgan fingerprint density at radius 3 is 2.47 bits per heavy atom. The normalized spacial score (nSPS) is 12.1. The van der Waals surface area contributed by atoms with E-state index in [1.165, 1.54) is 11.8 Å². The number of rotatable bonds is 7. The summed E-state index contributed by atoms with van der Waals surface area (Å²) in [5, 5.41) is 9.39. The largest absolute Gasteiger partial charge is 0.497 e. The number of thioether (sulfide) groups is 1. The topological polar surface area (TPSA) is 83.0 Å². The van der Waals surface area contributed by atoms with Crippen molar-refractivity contribution >= 4 is 22.7 Å². The van der Waals surface area contributed by atoms with Crippen LogP contribution in [0.3, 0.4) is 0 Å². The summed E-state index contributed by atoms with van der Waals surface area (Å²) in [4.78, 5) is 18.2. The molecule has 0 saturated carbocycles. The number of aromatic nitrogens is 4. The van der Waals surface area contributed by atoms with Crippen molar-refractivity contribution in [1.82, 2.24) is 19.7 Å². The van der Waals surface area contributed by atoms with Crippen molar-refractivity contribution in [2.75, 3.05) is 7.11 Å². The maximum Gasteiger partial charge on any atom is 0.262 e. The Balaban J connectivity index is 1.49. The monoisotopic (exact) mass is 470 g/mol. The van der Waals surface area contributed by atoms with Crippen LogP contribution in [0.25, 0.3) is 22.4 Å². The van der Waals surface area contributed by atoms with Crippen LogP contribution in [0.2, 0.25) is 0 Å². The molecule has 5 aromatic rings. The number of para-hydroxylation sites is 1. The van der Waals surface area contributed by atoms with Crippen molar-refractivity contribution in [3.8, 4) is 17.2 Å². The van der Waals surface area contributed by atoms with E-state index in [2.05, 4.69) is 10.2 Å². The van der Waals surface area contributed by atoms with Crippen molar-refractivity contribution in [1.29, 1.82) is 0 Å². The number of benzene rings is 3. The summed E-state index contributed by atoms with van der Waals surface area (Å²) in [6.07, 6.45) is 0. The molecule has 0 bridgehead atoms. The number of nitrogens with zero attached hydrogens (tertiary/aromatic N) is 4. The third-order valence-electron chi connectivity index (χ3n) is 5.42. The molecule has 3 aromatic carbocycles. The molecule has 5 rings (SSSR count). The summed E-state index contributed by atoms with van der Waals surface area (Å²) in [6.45, 7) is 2.35. The summed E-state index contributed by atoms with van der Waals surface area (Å²) >= 11 is 1.42. The standard InChI is InChI=1S/C26H22N4O3S/c1-17(23-28-29-24(33-23)19-8-4-3-5-9-19)34-26-27-22-11-7-6-10-21(22)25(31)30(26)16-18-12-14-20(32-2)15-13-18/h3-15,17H,16H2,1-2H3. The lowest BCUT2D eigenvalue weighted by Crippen LogP contribution is -2.24. The number of fused-ring (bicyclic) bond motifs is 1. The van der Waals surface area contributed by atoms with Gasteiger partial charge >= 0.3 is 0 Å². The Bertz CT molecular complexity index is 1480. The Labute approximate surface area is 200 Å². The first-order chi connectivity index (χ1) is 16.6. The Hall–Kier alpha value is -3.91. The van der Waals surface area contributed by atoms with Gasteiger partial charge in [-0.3, -0.25) is 9.36 Å². The molecule has 0 aliphatic heterocycles. The lowest BCUT2D eigenvalue weighted by molar-refractivity contribution is 0.414. The zero-order valence-corrected chi connectivity index (χ0v) is 19.5. The highest BCUT2D eigenvalue weighted by molar-refractivity contribution is 7.99. The quantitative estimate of drug-likeness (QED) is 0.234. The number of methoxy groups -OCH3 is 1. The van der Waals surface area contributed by atoms with Gasteiger partial charge in [0.2, 0.25) is 11.8 Å². The molecule has 7 nitrogen and oxygen atoms in total. The van der Waals surface area contributed by atoms with Gasteiger partial charge in [-0.15, -0.1) is 10.2 Å². The molecule has 1 atom stereocenters. The van der Waals surface area contributed by atoms with Crippen LogP contribution in [-0.4, -0.2) is 26.9 Å². The summed E-state index contributed by atoms with van der Waals surface area (Å²) in [7, 11) is 1.63. The fraction of sp³-hybridized carbons (Fsp3) is 0.154. The summed E-state index contributed by atoms with van der Waals surface area (Å²) in [5.41, 5.74) is 2.40. The van der Waals surface area contributed by atoms with E-state index in [1.54, 1.807) is 17.7 Å². The van der Waals surface area contributed by atoms with Gasteiger partial charge < -0.3 is 9.15 Å². The fourth-order valence-corrected chi connectivity index (χ4v) is 4.53. The molecule has 170 valence electrons. The minimum atomic E-state index is -0.208. The molecule has 0 N–H and O–H groups in total. The number of hydrogen-bond acceptors (Lipinski definition) is 7. The summed E-state index contributed by atoms with van der Waals surface area (Å²) in [5.74, 6) is 1.70. The lowest BCUT2D eigenvalue weighted by atomic mass is 10.2. The predicted octanol–water partition coefficient (Wildman–Crippen LogP) is 5.36. The molecule has 1 unspecified atom stereocenters. The maximum atomic E-state index is 13.4.